The zero-order valence-corrected chi connectivity index (χ0v) is 13.6. The van der Waals surface area contributed by atoms with Crippen molar-refractivity contribution in [3.05, 3.63) is 47.9 Å². The molecule has 22 heavy (non-hydrogen) atoms. The van der Waals surface area contributed by atoms with Crippen LogP contribution in [0.5, 0.6) is 0 Å². The van der Waals surface area contributed by atoms with Crippen LogP contribution in [0.3, 0.4) is 0 Å². The SMILES string of the molecule is CC(C)c1cc(C2CCCN2S(=O)(=O)c2ccccc2)no1. The summed E-state index contributed by atoms with van der Waals surface area (Å²) in [4.78, 5) is 0.328. The second kappa shape index (κ2) is 5.85. The van der Waals surface area contributed by atoms with E-state index < -0.39 is 10.0 Å². The molecular formula is C16H20N2O3S. The van der Waals surface area contributed by atoms with E-state index in [0.717, 1.165) is 18.6 Å². The van der Waals surface area contributed by atoms with Crippen LogP contribution >= 0.6 is 0 Å². The van der Waals surface area contributed by atoms with E-state index in [9.17, 15) is 8.42 Å². The summed E-state index contributed by atoms with van der Waals surface area (Å²) in [6.07, 6.45) is 1.61. The zero-order valence-electron chi connectivity index (χ0n) is 12.8. The molecule has 6 heteroatoms. The third-order valence-electron chi connectivity index (χ3n) is 4.01. The lowest BCUT2D eigenvalue weighted by Crippen LogP contribution is -2.30. The summed E-state index contributed by atoms with van der Waals surface area (Å²) in [6.45, 7) is 4.57. The third-order valence-corrected chi connectivity index (χ3v) is 5.93. The number of nitrogens with zero attached hydrogens (tertiary/aromatic N) is 2. The molecule has 1 saturated heterocycles. The summed E-state index contributed by atoms with van der Waals surface area (Å²) in [6, 6.07) is 10.2. The highest BCUT2D eigenvalue weighted by Crippen LogP contribution is 2.36. The predicted molar refractivity (Wildman–Crippen MR) is 82.9 cm³/mol. The van der Waals surface area contributed by atoms with E-state index in [-0.39, 0.29) is 12.0 Å². The van der Waals surface area contributed by atoms with Gasteiger partial charge < -0.3 is 4.52 Å². The molecule has 1 aromatic carbocycles. The largest absolute Gasteiger partial charge is 0.361 e. The van der Waals surface area contributed by atoms with Crippen molar-refractivity contribution in [2.24, 2.45) is 0 Å². The Morgan fingerprint density at radius 1 is 1.27 bits per heavy atom. The van der Waals surface area contributed by atoms with E-state index in [2.05, 4.69) is 5.16 Å². The van der Waals surface area contributed by atoms with E-state index in [1.807, 2.05) is 26.0 Å². The first-order chi connectivity index (χ1) is 10.5. The van der Waals surface area contributed by atoms with Crippen LogP contribution < -0.4 is 0 Å². The van der Waals surface area contributed by atoms with Crippen LogP contribution in [-0.2, 0) is 10.0 Å². The molecule has 0 N–H and O–H groups in total. The average Bonchev–Trinajstić information content (AvgIpc) is 3.17. The van der Waals surface area contributed by atoms with Crippen molar-refractivity contribution in [1.29, 1.82) is 0 Å². The minimum absolute atomic E-state index is 0.235. The molecule has 0 amide bonds. The highest BCUT2D eigenvalue weighted by atomic mass is 32.2. The standard InChI is InChI=1S/C16H20N2O3S/c1-12(2)16-11-14(17-21-16)15-9-6-10-18(15)22(19,20)13-7-4-3-5-8-13/h3-5,7-8,11-12,15H,6,9-10H2,1-2H3. The summed E-state index contributed by atoms with van der Waals surface area (Å²) < 4.78 is 32.5. The van der Waals surface area contributed by atoms with Gasteiger partial charge in [0.2, 0.25) is 10.0 Å². The lowest BCUT2D eigenvalue weighted by molar-refractivity contribution is 0.338. The Balaban J connectivity index is 1.93. The lowest BCUT2D eigenvalue weighted by atomic mass is 10.1. The van der Waals surface area contributed by atoms with Crippen molar-refractivity contribution in [2.45, 2.75) is 43.5 Å². The summed E-state index contributed by atoms with van der Waals surface area (Å²) in [7, 11) is -3.50. The second-order valence-electron chi connectivity index (χ2n) is 5.90. The quantitative estimate of drug-likeness (QED) is 0.867. The molecule has 3 rings (SSSR count). The molecule has 118 valence electrons. The van der Waals surface area contributed by atoms with E-state index in [1.165, 1.54) is 0 Å². The summed E-state index contributed by atoms with van der Waals surface area (Å²) in [5.74, 6) is 1.03. The van der Waals surface area contributed by atoms with E-state index in [0.29, 0.717) is 17.1 Å². The smallest absolute Gasteiger partial charge is 0.243 e. The molecule has 0 saturated carbocycles. The summed E-state index contributed by atoms with van der Waals surface area (Å²) >= 11 is 0. The molecule has 0 bridgehead atoms. The van der Waals surface area contributed by atoms with Crippen molar-refractivity contribution in [3.8, 4) is 0 Å². The lowest BCUT2D eigenvalue weighted by Gasteiger charge is -2.22. The Bertz CT molecular complexity index is 738. The normalized spacial score (nSPS) is 19.9. The maximum absolute atomic E-state index is 12.8. The highest BCUT2D eigenvalue weighted by molar-refractivity contribution is 7.89. The van der Waals surface area contributed by atoms with Crippen LogP contribution in [0.25, 0.3) is 0 Å². The van der Waals surface area contributed by atoms with Gasteiger partial charge >= 0.3 is 0 Å². The molecule has 1 unspecified atom stereocenters. The van der Waals surface area contributed by atoms with Crippen LogP contribution in [0, 0.1) is 0 Å². The average molecular weight is 320 g/mol. The third kappa shape index (κ3) is 2.68. The van der Waals surface area contributed by atoms with Gasteiger partial charge in [-0.15, -0.1) is 0 Å². The molecule has 5 nitrogen and oxygen atoms in total. The number of hydrogen-bond donors (Lipinski definition) is 0. The van der Waals surface area contributed by atoms with Gasteiger partial charge in [0.25, 0.3) is 0 Å². The first-order valence-electron chi connectivity index (χ1n) is 7.53. The first kappa shape index (κ1) is 15.2. The maximum atomic E-state index is 12.8. The second-order valence-corrected chi connectivity index (χ2v) is 7.79. The van der Waals surface area contributed by atoms with Crippen molar-refractivity contribution in [3.63, 3.8) is 0 Å². The van der Waals surface area contributed by atoms with Gasteiger partial charge in [-0.3, -0.25) is 0 Å². The minimum atomic E-state index is -3.50. The molecule has 1 aliphatic heterocycles. The number of sulfonamides is 1. The minimum Gasteiger partial charge on any atom is -0.361 e. The fourth-order valence-electron chi connectivity index (χ4n) is 2.78. The van der Waals surface area contributed by atoms with E-state index in [4.69, 9.17) is 4.52 Å². The number of aromatic nitrogens is 1. The molecule has 0 radical (unpaired) electrons. The molecule has 2 aromatic rings. The van der Waals surface area contributed by atoms with Gasteiger partial charge in [0.1, 0.15) is 11.5 Å². The maximum Gasteiger partial charge on any atom is 0.243 e. The molecule has 0 spiro atoms. The molecule has 2 heterocycles. The Morgan fingerprint density at radius 2 is 2.00 bits per heavy atom. The van der Waals surface area contributed by atoms with Crippen LogP contribution in [0.2, 0.25) is 0 Å². The zero-order chi connectivity index (χ0) is 15.7. The number of benzene rings is 1. The van der Waals surface area contributed by atoms with Gasteiger partial charge in [-0.1, -0.05) is 37.2 Å². The Hall–Kier alpha value is -1.66. The molecule has 1 aliphatic rings. The molecular weight excluding hydrogens is 300 g/mol. The van der Waals surface area contributed by atoms with Gasteiger partial charge in [-0.2, -0.15) is 4.31 Å². The predicted octanol–water partition coefficient (Wildman–Crippen LogP) is 3.32. The van der Waals surface area contributed by atoms with Gasteiger partial charge in [0.05, 0.1) is 10.9 Å². The van der Waals surface area contributed by atoms with Crippen LogP contribution in [-0.4, -0.2) is 24.4 Å². The number of hydrogen-bond acceptors (Lipinski definition) is 4. The Kier molecular flexibility index (Phi) is 4.06. The van der Waals surface area contributed by atoms with E-state index >= 15 is 0 Å². The van der Waals surface area contributed by atoms with Crippen LogP contribution in [0.1, 0.15) is 50.1 Å². The van der Waals surface area contributed by atoms with Crippen molar-refractivity contribution >= 4 is 10.0 Å². The highest BCUT2D eigenvalue weighted by Gasteiger charge is 2.37. The topological polar surface area (TPSA) is 63.4 Å². The fraction of sp³-hybridized carbons (Fsp3) is 0.438. The monoisotopic (exact) mass is 320 g/mol. The van der Waals surface area contributed by atoms with E-state index in [1.54, 1.807) is 28.6 Å². The van der Waals surface area contributed by atoms with Crippen LogP contribution in [0.4, 0.5) is 0 Å². The molecule has 1 aromatic heterocycles. The van der Waals surface area contributed by atoms with Crippen LogP contribution in [0.15, 0.2) is 45.8 Å². The number of rotatable bonds is 4. The summed E-state index contributed by atoms with van der Waals surface area (Å²) in [5, 5.41) is 4.10. The van der Waals surface area contributed by atoms with Crippen molar-refractivity contribution in [2.75, 3.05) is 6.54 Å². The Labute approximate surface area is 131 Å². The summed E-state index contributed by atoms with van der Waals surface area (Å²) in [5.41, 5.74) is 0.709. The fourth-order valence-corrected chi connectivity index (χ4v) is 4.47. The van der Waals surface area contributed by atoms with Gasteiger partial charge in [0, 0.05) is 18.5 Å². The van der Waals surface area contributed by atoms with Crippen molar-refractivity contribution < 1.29 is 12.9 Å². The molecule has 1 atom stereocenters. The van der Waals surface area contributed by atoms with Crippen molar-refractivity contribution in [1.82, 2.24) is 9.46 Å². The molecule has 1 fully saturated rings. The van der Waals surface area contributed by atoms with Gasteiger partial charge in [0.15, 0.2) is 0 Å². The van der Waals surface area contributed by atoms with Gasteiger partial charge in [-0.25, -0.2) is 8.42 Å². The Morgan fingerprint density at radius 3 is 2.64 bits per heavy atom. The first-order valence-corrected chi connectivity index (χ1v) is 8.97. The van der Waals surface area contributed by atoms with Gasteiger partial charge in [-0.05, 0) is 25.0 Å². The molecule has 0 aliphatic carbocycles.